The van der Waals surface area contributed by atoms with Crippen LogP contribution in [0.3, 0.4) is 0 Å². The Bertz CT molecular complexity index is 998. The van der Waals surface area contributed by atoms with Gasteiger partial charge >= 0.3 is 0 Å². The first kappa shape index (κ1) is 23.0. The van der Waals surface area contributed by atoms with Gasteiger partial charge in [0.15, 0.2) is 11.5 Å². The number of hydrogen-bond acceptors (Lipinski definition) is 5. The minimum atomic E-state index is -0.857. The van der Waals surface area contributed by atoms with Gasteiger partial charge in [-0.1, -0.05) is 25.3 Å². The van der Waals surface area contributed by atoms with E-state index in [2.05, 4.69) is 5.32 Å². The van der Waals surface area contributed by atoms with Gasteiger partial charge in [-0.15, -0.1) is 0 Å². The molecule has 2 aromatic carbocycles. The van der Waals surface area contributed by atoms with E-state index in [1.807, 2.05) is 54.3 Å². The van der Waals surface area contributed by atoms with Crippen molar-refractivity contribution in [2.75, 3.05) is 26.1 Å². The predicted molar refractivity (Wildman–Crippen MR) is 126 cm³/mol. The van der Waals surface area contributed by atoms with Crippen LogP contribution in [-0.4, -0.2) is 43.1 Å². The van der Waals surface area contributed by atoms with Crippen LogP contribution in [0.25, 0.3) is 0 Å². The Kier molecular flexibility index (Phi) is 6.77. The van der Waals surface area contributed by atoms with Gasteiger partial charge in [-0.05, 0) is 61.7 Å². The van der Waals surface area contributed by atoms with Gasteiger partial charge in [-0.2, -0.15) is 0 Å². The van der Waals surface area contributed by atoms with E-state index in [9.17, 15) is 9.59 Å². The molecule has 33 heavy (non-hydrogen) atoms. The first-order valence-electron chi connectivity index (χ1n) is 11.6. The summed E-state index contributed by atoms with van der Waals surface area (Å²) < 4.78 is 16.4. The maximum atomic E-state index is 13.7. The molecule has 1 unspecified atom stereocenters. The lowest BCUT2D eigenvalue weighted by atomic mass is 9.74. The highest BCUT2D eigenvalue weighted by Crippen LogP contribution is 2.48. The fourth-order valence-electron chi connectivity index (χ4n) is 5.02. The molecule has 176 valence electrons. The monoisotopic (exact) mass is 452 g/mol. The minimum absolute atomic E-state index is 0.0135. The third kappa shape index (κ3) is 4.36. The van der Waals surface area contributed by atoms with Crippen molar-refractivity contribution in [2.45, 2.75) is 57.0 Å². The summed E-state index contributed by atoms with van der Waals surface area (Å²) in [5.74, 6) is 1.92. The molecule has 0 bridgehead atoms. The van der Waals surface area contributed by atoms with Gasteiger partial charge in [0, 0.05) is 5.69 Å². The Labute approximate surface area is 195 Å². The van der Waals surface area contributed by atoms with Gasteiger partial charge in [0.2, 0.25) is 11.8 Å². The Morgan fingerprint density at radius 3 is 2.36 bits per heavy atom. The molecule has 1 aliphatic carbocycles. The van der Waals surface area contributed by atoms with Gasteiger partial charge in [0.25, 0.3) is 0 Å². The van der Waals surface area contributed by atoms with Crippen molar-refractivity contribution in [1.82, 2.24) is 4.90 Å². The molecule has 2 amide bonds. The van der Waals surface area contributed by atoms with E-state index >= 15 is 0 Å². The molecular formula is C26H32N2O5. The van der Waals surface area contributed by atoms with E-state index in [0.717, 1.165) is 30.6 Å². The summed E-state index contributed by atoms with van der Waals surface area (Å²) in [7, 11) is 3.21. The van der Waals surface area contributed by atoms with Crippen LogP contribution in [-0.2, 0) is 9.59 Å². The molecule has 0 radical (unpaired) electrons. The number of benzene rings is 2. The molecule has 4 rings (SSSR count). The molecule has 7 heteroatoms. The second-order valence-electron chi connectivity index (χ2n) is 8.60. The zero-order valence-corrected chi connectivity index (χ0v) is 19.6. The quantitative estimate of drug-likeness (QED) is 0.587. The van der Waals surface area contributed by atoms with Crippen molar-refractivity contribution in [3.05, 3.63) is 48.0 Å². The van der Waals surface area contributed by atoms with Gasteiger partial charge in [-0.25, -0.2) is 0 Å². The van der Waals surface area contributed by atoms with Crippen LogP contribution in [0, 0.1) is 0 Å². The van der Waals surface area contributed by atoms with Crippen LogP contribution >= 0.6 is 0 Å². The number of rotatable bonds is 8. The average molecular weight is 453 g/mol. The molecule has 1 saturated carbocycles. The fraction of sp³-hybridized carbons (Fsp3) is 0.462. The second kappa shape index (κ2) is 9.73. The van der Waals surface area contributed by atoms with E-state index < -0.39 is 5.54 Å². The Balaban J connectivity index is 1.62. The maximum absolute atomic E-state index is 13.7. The molecule has 1 N–H and O–H groups in total. The molecule has 1 heterocycles. The Morgan fingerprint density at radius 1 is 1.03 bits per heavy atom. The van der Waals surface area contributed by atoms with Crippen molar-refractivity contribution in [3.63, 3.8) is 0 Å². The first-order chi connectivity index (χ1) is 16.0. The summed E-state index contributed by atoms with van der Waals surface area (Å²) in [5, 5.41) is 3.06. The Hall–Kier alpha value is -3.22. The van der Waals surface area contributed by atoms with Crippen LogP contribution in [0.1, 0.15) is 57.1 Å². The highest BCUT2D eigenvalue weighted by Gasteiger charge is 2.54. The predicted octanol–water partition coefficient (Wildman–Crippen LogP) is 4.72. The molecule has 7 nitrogen and oxygen atoms in total. The van der Waals surface area contributed by atoms with Crippen molar-refractivity contribution in [3.8, 4) is 17.2 Å². The van der Waals surface area contributed by atoms with Crippen molar-refractivity contribution in [1.29, 1.82) is 0 Å². The number of likely N-dealkylation sites (tertiary alicyclic amines) is 1. The largest absolute Gasteiger partial charge is 0.497 e. The molecule has 0 spiro atoms. The summed E-state index contributed by atoms with van der Waals surface area (Å²) in [5.41, 5.74) is 0.791. The molecule has 2 fully saturated rings. The lowest BCUT2D eigenvalue weighted by Crippen LogP contribution is -2.65. The van der Waals surface area contributed by atoms with Crippen LogP contribution in [0.4, 0.5) is 5.69 Å². The standard InChI is InChI=1S/C26H32N2O5/c1-4-33-22-13-8-18(16-23(22)32-3)21-17-24(29)28(21)26(14-6-5-7-15-26)25(30)27-19-9-11-20(31-2)12-10-19/h8-13,16,21H,4-7,14-15,17H2,1-3H3,(H,27,30). The molecule has 2 aromatic rings. The van der Waals surface area contributed by atoms with Crippen molar-refractivity contribution >= 4 is 17.5 Å². The van der Waals surface area contributed by atoms with E-state index in [-0.39, 0.29) is 17.9 Å². The summed E-state index contributed by atoms with van der Waals surface area (Å²) in [6, 6.07) is 12.9. The average Bonchev–Trinajstić information content (AvgIpc) is 2.84. The van der Waals surface area contributed by atoms with Crippen LogP contribution in [0.2, 0.25) is 0 Å². The molecule has 0 aromatic heterocycles. The van der Waals surface area contributed by atoms with E-state index in [1.165, 1.54) is 0 Å². The summed E-state index contributed by atoms with van der Waals surface area (Å²) >= 11 is 0. The molecule has 1 atom stereocenters. The number of anilines is 1. The molecule has 1 aliphatic heterocycles. The molecule has 1 saturated heterocycles. The molecular weight excluding hydrogens is 420 g/mol. The van der Waals surface area contributed by atoms with Gasteiger partial charge in [-0.3, -0.25) is 9.59 Å². The molecule has 2 aliphatic rings. The van der Waals surface area contributed by atoms with Gasteiger partial charge in [0.05, 0.1) is 33.3 Å². The number of β-lactam (4-membered cyclic amide) rings is 1. The van der Waals surface area contributed by atoms with Gasteiger partial charge < -0.3 is 24.4 Å². The van der Waals surface area contributed by atoms with E-state index in [4.69, 9.17) is 14.2 Å². The second-order valence-corrected chi connectivity index (χ2v) is 8.60. The summed E-state index contributed by atoms with van der Waals surface area (Å²) in [6.45, 7) is 2.46. The highest BCUT2D eigenvalue weighted by molar-refractivity contribution is 6.02. The summed E-state index contributed by atoms with van der Waals surface area (Å²) in [6.07, 6.45) is 4.60. The highest BCUT2D eigenvalue weighted by atomic mass is 16.5. The number of ether oxygens (including phenoxy) is 3. The van der Waals surface area contributed by atoms with Crippen LogP contribution in [0.5, 0.6) is 17.2 Å². The third-order valence-electron chi connectivity index (χ3n) is 6.73. The van der Waals surface area contributed by atoms with Crippen LogP contribution < -0.4 is 19.5 Å². The number of hydrogen-bond donors (Lipinski definition) is 1. The third-order valence-corrected chi connectivity index (χ3v) is 6.73. The fourth-order valence-corrected chi connectivity index (χ4v) is 5.02. The zero-order chi connectivity index (χ0) is 23.4. The van der Waals surface area contributed by atoms with Crippen molar-refractivity contribution < 1.29 is 23.8 Å². The zero-order valence-electron chi connectivity index (χ0n) is 19.6. The number of methoxy groups -OCH3 is 2. The topological polar surface area (TPSA) is 77.1 Å². The van der Waals surface area contributed by atoms with E-state index in [1.54, 1.807) is 14.2 Å². The lowest BCUT2D eigenvalue weighted by molar-refractivity contribution is -0.166. The number of nitrogens with one attached hydrogen (secondary N) is 1. The number of carbonyl (C=O) groups is 2. The number of nitrogens with zero attached hydrogens (tertiary/aromatic N) is 1. The summed E-state index contributed by atoms with van der Waals surface area (Å²) in [4.78, 5) is 28.5. The lowest BCUT2D eigenvalue weighted by Gasteiger charge is -2.54. The maximum Gasteiger partial charge on any atom is 0.250 e. The van der Waals surface area contributed by atoms with Gasteiger partial charge in [0.1, 0.15) is 11.3 Å². The number of carbonyl (C=O) groups excluding carboxylic acids is 2. The number of amides is 2. The SMILES string of the molecule is CCOc1ccc(C2CC(=O)N2C2(C(=O)Nc3ccc(OC)cc3)CCCCC2)cc1OC. The Morgan fingerprint density at radius 2 is 1.76 bits per heavy atom. The van der Waals surface area contributed by atoms with Crippen molar-refractivity contribution in [2.24, 2.45) is 0 Å². The first-order valence-corrected chi connectivity index (χ1v) is 11.6. The smallest absolute Gasteiger partial charge is 0.250 e. The normalized spacial score (nSPS) is 19.4. The van der Waals surface area contributed by atoms with Crippen LogP contribution in [0.15, 0.2) is 42.5 Å². The minimum Gasteiger partial charge on any atom is -0.497 e. The van der Waals surface area contributed by atoms with E-state index in [0.29, 0.717) is 43.1 Å².